The molecular weight excluding hydrogens is 425 g/mol. The molecular formula is C15H14BrF3N2O5. The molecule has 1 aromatic rings. The van der Waals surface area contributed by atoms with E-state index in [2.05, 4.69) is 31.3 Å². The molecule has 2 amide bonds. The zero-order valence-electron chi connectivity index (χ0n) is 13.5. The second-order valence-corrected chi connectivity index (χ2v) is 6.17. The van der Waals surface area contributed by atoms with Gasteiger partial charge in [-0.3, -0.25) is 0 Å². The average molecular weight is 439 g/mol. The molecule has 2 rings (SSSR count). The number of carbonyl (C=O) groups excluding carboxylic acids is 2. The fourth-order valence-electron chi connectivity index (χ4n) is 2.36. The lowest BCUT2D eigenvalue weighted by Crippen LogP contribution is -2.45. The van der Waals surface area contributed by atoms with E-state index in [1.807, 2.05) is 0 Å². The van der Waals surface area contributed by atoms with Crippen LogP contribution in [-0.4, -0.2) is 37.0 Å². The molecule has 0 spiro atoms. The topological polar surface area (TPSA) is 96.9 Å². The Morgan fingerprint density at radius 3 is 2.62 bits per heavy atom. The van der Waals surface area contributed by atoms with Crippen LogP contribution in [0, 0.1) is 0 Å². The third kappa shape index (κ3) is 4.40. The van der Waals surface area contributed by atoms with Gasteiger partial charge < -0.3 is 25.2 Å². The van der Waals surface area contributed by atoms with E-state index in [4.69, 9.17) is 4.74 Å². The zero-order chi connectivity index (χ0) is 19.6. The first kappa shape index (κ1) is 19.9. The maximum atomic E-state index is 12.3. The lowest BCUT2D eigenvalue weighted by atomic mass is 9.95. The van der Waals surface area contributed by atoms with Crippen molar-refractivity contribution < 1.29 is 37.3 Å². The molecule has 0 bridgehead atoms. The number of nitrogens with one attached hydrogen (secondary N) is 2. The number of aromatic hydroxyl groups is 1. The van der Waals surface area contributed by atoms with E-state index in [1.165, 1.54) is 26.2 Å². The molecule has 0 unspecified atom stereocenters. The van der Waals surface area contributed by atoms with Crippen molar-refractivity contribution in [2.45, 2.75) is 19.1 Å². The largest absolute Gasteiger partial charge is 0.503 e. The number of alkyl halides is 3. The highest BCUT2D eigenvalue weighted by Crippen LogP contribution is 2.39. The quantitative estimate of drug-likeness (QED) is 0.628. The van der Waals surface area contributed by atoms with Crippen LogP contribution in [0.4, 0.5) is 18.0 Å². The normalized spacial score (nSPS) is 17.5. The SMILES string of the molecule is COc1cc([C@@H]2NC(=O)NC(C)=C2C(=O)OCC(F)(F)F)cc(Br)c1O. The number of esters is 1. The highest BCUT2D eigenvalue weighted by atomic mass is 79.9. The number of carbonyl (C=O) groups is 2. The summed E-state index contributed by atoms with van der Waals surface area (Å²) >= 11 is 3.11. The Hall–Kier alpha value is -2.43. The summed E-state index contributed by atoms with van der Waals surface area (Å²) < 4.78 is 46.5. The molecule has 0 aromatic heterocycles. The predicted octanol–water partition coefficient (Wildman–Crippen LogP) is 2.90. The highest BCUT2D eigenvalue weighted by Gasteiger charge is 2.36. The molecule has 0 radical (unpaired) electrons. The van der Waals surface area contributed by atoms with Gasteiger partial charge in [0.05, 0.1) is 23.2 Å². The minimum Gasteiger partial charge on any atom is -0.503 e. The van der Waals surface area contributed by atoms with Gasteiger partial charge in [0.1, 0.15) is 0 Å². The number of urea groups is 1. The standard InChI is InChI=1S/C15H14BrF3N2O5/c1-6-10(13(23)26-5-15(17,18)19)11(21-14(24)20-6)7-3-8(16)12(22)9(4-7)25-2/h3-4,11,22H,5H2,1-2H3,(H2,20,21,24)/t11-/m0/s1. The van der Waals surface area contributed by atoms with Gasteiger partial charge in [0.15, 0.2) is 18.1 Å². The molecule has 1 aromatic carbocycles. The Bertz CT molecular complexity index is 779. The molecule has 0 saturated heterocycles. The van der Waals surface area contributed by atoms with Gasteiger partial charge in [0.25, 0.3) is 0 Å². The van der Waals surface area contributed by atoms with Crippen LogP contribution in [0.2, 0.25) is 0 Å². The molecule has 1 aliphatic heterocycles. The molecule has 1 heterocycles. The Morgan fingerprint density at radius 2 is 2.04 bits per heavy atom. The van der Waals surface area contributed by atoms with Crippen molar-refractivity contribution in [3.05, 3.63) is 33.4 Å². The molecule has 142 valence electrons. The van der Waals surface area contributed by atoms with E-state index in [-0.39, 0.29) is 27.2 Å². The lowest BCUT2D eigenvalue weighted by molar-refractivity contribution is -0.183. The van der Waals surface area contributed by atoms with Gasteiger partial charge >= 0.3 is 18.2 Å². The maximum absolute atomic E-state index is 12.3. The van der Waals surface area contributed by atoms with Crippen molar-refractivity contribution in [1.82, 2.24) is 10.6 Å². The van der Waals surface area contributed by atoms with Crippen molar-refractivity contribution in [3.63, 3.8) is 0 Å². The van der Waals surface area contributed by atoms with Gasteiger partial charge in [0.2, 0.25) is 0 Å². The van der Waals surface area contributed by atoms with Crippen molar-refractivity contribution >= 4 is 27.9 Å². The van der Waals surface area contributed by atoms with Gasteiger partial charge in [-0.15, -0.1) is 0 Å². The van der Waals surface area contributed by atoms with Gasteiger partial charge in [0, 0.05) is 5.70 Å². The van der Waals surface area contributed by atoms with E-state index in [0.29, 0.717) is 5.56 Å². The van der Waals surface area contributed by atoms with Crippen LogP contribution in [0.15, 0.2) is 27.9 Å². The third-order valence-electron chi connectivity index (χ3n) is 3.46. The molecule has 1 aliphatic rings. The zero-order valence-corrected chi connectivity index (χ0v) is 15.1. The van der Waals surface area contributed by atoms with Crippen LogP contribution in [0.1, 0.15) is 18.5 Å². The molecule has 26 heavy (non-hydrogen) atoms. The van der Waals surface area contributed by atoms with Gasteiger partial charge in [-0.25, -0.2) is 9.59 Å². The van der Waals surface area contributed by atoms with Crippen molar-refractivity contribution in [2.75, 3.05) is 13.7 Å². The summed E-state index contributed by atoms with van der Waals surface area (Å²) in [7, 11) is 1.30. The van der Waals surface area contributed by atoms with Crippen LogP contribution in [0.3, 0.4) is 0 Å². The molecule has 7 nitrogen and oxygen atoms in total. The van der Waals surface area contributed by atoms with Gasteiger partial charge in [-0.1, -0.05) is 0 Å². The fourth-order valence-corrected chi connectivity index (χ4v) is 2.82. The minimum atomic E-state index is -4.68. The monoisotopic (exact) mass is 438 g/mol. The Labute approximate surface area is 154 Å². The molecule has 0 saturated carbocycles. The number of hydrogen-bond acceptors (Lipinski definition) is 5. The summed E-state index contributed by atoms with van der Waals surface area (Å²) in [6.45, 7) is -0.394. The van der Waals surface area contributed by atoms with E-state index >= 15 is 0 Å². The second kappa shape index (κ2) is 7.44. The summed E-state index contributed by atoms with van der Waals surface area (Å²) in [5.74, 6) is -1.40. The number of allylic oxidation sites excluding steroid dienone is 1. The number of methoxy groups -OCH3 is 1. The molecule has 3 N–H and O–H groups in total. The number of ether oxygens (including phenoxy) is 2. The predicted molar refractivity (Wildman–Crippen MR) is 86.5 cm³/mol. The maximum Gasteiger partial charge on any atom is 0.422 e. The number of phenols is 1. The summed E-state index contributed by atoms with van der Waals surface area (Å²) in [6.07, 6.45) is -4.68. The number of rotatable bonds is 4. The van der Waals surface area contributed by atoms with Gasteiger partial charge in [-0.2, -0.15) is 13.2 Å². The average Bonchev–Trinajstić information content (AvgIpc) is 2.53. The number of halogens is 4. The summed E-state index contributed by atoms with van der Waals surface area (Å²) in [5.41, 5.74) is 0.141. The molecule has 1 atom stereocenters. The summed E-state index contributed by atoms with van der Waals surface area (Å²) in [4.78, 5) is 24.0. The first-order valence-electron chi connectivity index (χ1n) is 7.12. The fraction of sp³-hybridized carbons (Fsp3) is 0.333. The van der Waals surface area contributed by atoms with E-state index in [9.17, 15) is 27.9 Å². The molecule has 0 aliphatic carbocycles. The van der Waals surface area contributed by atoms with Crippen LogP contribution in [0.5, 0.6) is 11.5 Å². The van der Waals surface area contributed by atoms with Crippen LogP contribution in [-0.2, 0) is 9.53 Å². The van der Waals surface area contributed by atoms with Crippen LogP contribution in [0.25, 0.3) is 0 Å². The first-order valence-corrected chi connectivity index (χ1v) is 7.91. The second-order valence-electron chi connectivity index (χ2n) is 5.32. The Kier molecular flexibility index (Phi) is 5.69. The van der Waals surface area contributed by atoms with Crippen LogP contribution >= 0.6 is 15.9 Å². The third-order valence-corrected chi connectivity index (χ3v) is 4.06. The number of hydrogen-bond donors (Lipinski definition) is 3. The number of benzene rings is 1. The van der Waals surface area contributed by atoms with E-state index in [1.54, 1.807) is 0 Å². The van der Waals surface area contributed by atoms with Crippen molar-refractivity contribution in [1.29, 1.82) is 0 Å². The minimum absolute atomic E-state index is 0.0443. The Morgan fingerprint density at radius 1 is 1.38 bits per heavy atom. The number of amides is 2. The van der Waals surface area contributed by atoms with Crippen molar-refractivity contribution in [3.8, 4) is 11.5 Å². The first-order chi connectivity index (χ1) is 12.0. The van der Waals surface area contributed by atoms with Crippen LogP contribution < -0.4 is 15.4 Å². The van der Waals surface area contributed by atoms with Crippen molar-refractivity contribution in [2.24, 2.45) is 0 Å². The lowest BCUT2D eigenvalue weighted by Gasteiger charge is -2.28. The van der Waals surface area contributed by atoms with E-state index in [0.717, 1.165) is 0 Å². The van der Waals surface area contributed by atoms with Gasteiger partial charge in [-0.05, 0) is 40.5 Å². The highest BCUT2D eigenvalue weighted by molar-refractivity contribution is 9.10. The number of phenolic OH excluding ortho intramolecular Hbond substituents is 1. The summed E-state index contributed by atoms with van der Waals surface area (Å²) in [5, 5.41) is 14.6. The van der Waals surface area contributed by atoms with E-state index < -0.39 is 30.8 Å². The Balaban J connectivity index is 2.44. The molecule has 11 heteroatoms. The molecule has 0 fully saturated rings. The summed E-state index contributed by atoms with van der Waals surface area (Å²) in [6, 6.07) is 0.998. The smallest absolute Gasteiger partial charge is 0.422 e.